The van der Waals surface area contributed by atoms with Gasteiger partial charge >= 0.3 is 0 Å². The Morgan fingerprint density at radius 1 is 1.31 bits per heavy atom. The van der Waals surface area contributed by atoms with Crippen molar-refractivity contribution in [1.82, 2.24) is 15.5 Å². The average Bonchev–Trinajstić information content (AvgIpc) is 3.27. The van der Waals surface area contributed by atoms with Gasteiger partial charge in [0.25, 0.3) is 0 Å². The molecule has 2 fully saturated rings. The van der Waals surface area contributed by atoms with Crippen LogP contribution in [0.25, 0.3) is 0 Å². The van der Waals surface area contributed by atoms with Gasteiger partial charge in [0.15, 0.2) is 5.96 Å². The number of rotatable bonds is 5. The minimum absolute atomic E-state index is 0. The van der Waals surface area contributed by atoms with Crippen LogP contribution in [0.3, 0.4) is 0 Å². The lowest BCUT2D eigenvalue weighted by Gasteiger charge is -2.25. The summed E-state index contributed by atoms with van der Waals surface area (Å²) in [6, 6.07) is 9.15. The van der Waals surface area contributed by atoms with Gasteiger partial charge in [0.05, 0.1) is 0 Å². The maximum Gasteiger partial charge on any atom is 0.191 e. The highest BCUT2D eigenvalue weighted by atomic mass is 127. The van der Waals surface area contributed by atoms with E-state index in [-0.39, 0.29) is 24.0 Å². The highest BCUT2D eigenvalue weighted by Crippen LogP contribution is 2.23. The molecular weight excluding hydrogens is 461 g/mol. The Balaban J connectivity index is 0.00000243. The molecule has 1 aromatic rings. The second-order valence-electron chi connectivity index (χ2n) is 6.93. The van der Waals surface area contributed by atoms with Gasteiger partial charge < -0.3 is 15.5 Å². The van der Waals surface area contributed by atoms with Crippen molar-refractivity contribution in [2.24, 2.45) is 4.99 Å². The molecular formula is C19H31ClIN5. The third kappa shape index (κ3) is 5.63. The van der Waals surface area contributed by atoms with Crippen molar-refractivity contribution >= 4 is 47.2 Å². The number of likely N-dealkylation sites (tertiary alicyclic amines) is 1. The van der Waals surface area contributed by atoms with E-state index in [4.69, 9.17) is 11.6 Å². The monoisotopic (exact) mass is 491 g/mol. The van der Waals surface area contributed by atoms with Crippen LogP contribution in [0.15, 0.2) is 29.3 Å². The molecule has 2 atom stereocenters. The van der Waals surface area contributed by atoms with E-state index in [2.05, 4.69) is 38.4 Å². The van der Waals surface area contributed by atoms with Gasteiger partial charge in [-0.1, -0.05) is 24.6 Å². The van der Waals surface area contributed by atoms with Gasteiger partial charge in [-0.15, -0.1) is 24.0 Å². The van der Waals surface area contributed by atoms with Crippen molar-refractivity contribution in [1.29, 1.82) is 0 Å². The summed E-state index contributed by atoms with van der Waals surface area (Å²) in [5.41, 5.74) is 1.20. The van der Waals surface area contributed by atoms with Crippen molar-refractivity contribution in [2.45, 2.75) is 38.3 Å². The molecule has 2 aliphatic rings. The van der Waals surface area contributed by atoms with Gasteiger partial charge in [-0.3, -0.25) is 9.89 Å². The molecule has 0 aliphatic carbocycles. The molecule has 26 heavy (non-hydrogen) atoms. The summed E-state index contributed by atoms with van der Waals surface area (Å²) in [7, 11) is 1.85. The van der Waals surface area contributed by atoms with Crippen LogP contribution in [-0.2, 0) is 0 Å². The first kappa shape index (κ1) is 21.6. The number of nitrogens with one attached hydrogen (secondary N) is 2. The zero-order chi connectivity index (χ0) is 17.6. The first-order valence-electron chi connectivity index (χ1n) is 9.41. The second kappa shape index (κ2) is 10.6. The zero-order valence-electron chi connectivity index (χ0n) is 15.7. The molecule has 2 aliphatic heterocycles. The molecule has 0 amide bonds. The van der Waals surface area contributed by atoms with E-state index in [0.29, 0.717) is 12.1 Å². The summed E-state index contributed by atoms with van der Waals surface area (Å²) in [5, 5.41) is 7.90. The number of likely N-dealkylation sites (N-methyl/N-ethyl adjacent to an activating group) is 1. The Morgan fingerprint density at radius 3 is 2.88 bits per heavy atom. The first-order chi connectivity index (χ1) is 12.2. The third-order valence-electron chi connectivity index (χ3n) is 5.34. The molecule has 7 heteroatoms. The zero-order valence-corrected chi connectivity index (χ0v) is 18.8. The number of halogens is 2. The lowest BCUT2D eigenvalue weighted by atomic mass is 10.2. The Labute approximate surface area is 179 Å². The lowest BCUT2D eigenvalue weighted by molar-refractivity contribution is 0.267. The van der Waals surface area contributed by atoms with Gasteiger partial charge in [0, 0.05) is 49.5 Å². The van der Waals surface area contributed by atoms with Gasteiger partial charge in [-0.05, 0) is 50.6 Å². The van der Waals surface area contributed by atoms with Crippen LogP contribution in [0.5, 0.6) is 0 Å². The van der Waals surface area contributed by atoms with Gasteiger partial charge in [0.2, 0.25) is 0 Å². The van der Waals surface area contributed by atoms with E-state index in [1.165, 1.54) is 25.1 Å². The summed E-state index contributed by atoms with van der Waals surface area (Å²) in [6.07, 6.45) is 3.70. The summed E-state index contributed by atoms with van der Waals surface area (Å²) in [5.74, 6) is 0.917. The summed E-state index contributed by atoms with van der Waals surface area (Å²) >= 11 is 6.12. The minimum atomic E-state index is 0. The highest BCUT2D eigenvalue weighted by Gasteiger charge is 2.25. The van der Waals surface area contributed by atoms with Crippen molar-refractivity contribution in [3.63, 3.8) is 0 Å². The van der Waals surface area contributed by atoms with Crippen LogP contribution in [0, 0.1) is 0 Å². The van der Waals surface area contributed by atoms with Crippen LogP contribution in [0.4, 0.5) is 5.69 Å². The van der Waals surface area contributed by atoms with Crippen LogP contribution < -0.4 is 15.5 Å². The fourth-order valence-corrected chi connectivity index (χ4v) is 4.12. The Bertz CT molecular complexity index is 597. The molecule has 0 spiro atoms. The first-order valence-corrected chi connectivity index (χ1v) is 9.79. The average molecular weight is 492 g/mol. The maximum absolute atomic E-state index is 6.12. The molecule has 146 valence electrons. The number of anilines is 1. The van der Waals surface area contributed by atoms with E-state index < -0.39 is 0 Å². The molecule has 0 bridgehead atoms. The maximum atomic E-state index is 6.12. The fourth-order valence-electron chi connectivity index (χ4n) is 3.93. The van der Waals surface area contributed by atoms with Crippen molar-refractivity contribution in [3.05, 3.63) is 29.3 Å². The molecule has 0 saturated carbocycles. The van der Waals surface area contributed by atoms with Gasteiger partial charge in [0.1, 0.15) is 0 Å². The molecule has 2 N–H and O–H groups in total. The predicted molar refractivity (Wildman–Crippen MR) is 122 cm³/mol. The number of benzene rings is 1. The largest absolute Gasteiger partial charge is 0.369 e. The second-order valence-corrected chi connectivity index (χ2v) is 7.37. The number of aliphatic imine (C=N–C) groups is 1. The predicted octanol–water partition coefficient (Wildman–Crippen LogP) is 3.19. The van der Waals surface area contributed by atoms with Crippen LogP contribution in [-0.4, -0.2) is 62.7 Å². The molecule has 5 nitrogen and oxygen atoms in total. The van der Waals surface area contributed by atoms with E-state index in [9.17, 15) is 0 Å². The van der Waals surface area contributed by atoms with Crippen LogP contribution in [0.2, 0.25) is 5.02 Å². The molecule has 3 rings (SSSR count). The molecule has 1 aromatic carbocycles. The summed E-state index contributed by atoms with van der Waals surface area (Å²) < 4.78 is 0. The molecule has 2 unspecified atom stereocenters. The standard InChI is InChI=1S/C19H30ClN5.HI/c1-3-24-10-5-8-18(24)13-22-19(21-2)23-16-9-11-25(14-16)17-7-4-6-15(20)12-17;/h4,6-7,12,16,18H,3,5,8-11,13-14H2,1-2H3,(H2,21,22,23);1H. The van der Waals surface area contributed by atoms with Crippen LogP contribution in [0.1, 0.15) is 26.2 Å². The van der Waals surface area contributed by atoms with E-state index in [1.807, 2.05) is 25.2 Å². The number of hydrogen-bond acceptors (Lipinski definition) is 3. The van der Waals surface area contributed by atoms with Crippen molar-refractivity contribution in [2.75, 3.05) is 44.7 Å². The smallest absolute Gasteiger partial charge is 0.191 e. The van der Waals surface area contributed by atoms with Crippen molar-refractivity contribution < 1.29 is 0 Å². The molecule has 0 radical (unpaired) electrons. The van der Waals surface area contributed by atoms with Crippen LogP contribution >= 0.6 is 35.6 Å². The number of nitrogens with zero attached hydrogens (tertiary/aromatic N) is 3. The fraction of sp³-hybridized carbons (Fsp3) is 0.632. The SMILES string of the molecule is CCN1CCCC1CNC(=NC)NC1CCN(c2cccc(Cl)c2)C1.I. The summed E-state index contributed by atoms with van der Waals surface area (Å²) in [6.45, 7) is 7.60. The minimum Gasteiger partial charge on any atom is -0.369 e. The van der Waals surface area contributed by atoms with Crippen molar-refractivity contribution in [3.8, 4) is 0 Å². The molecule has 2 heterocycles. The molecule has 0 aromatic heterocycles. The van der Waals surface area contributed by atoms with Gasteiger partial charge in [-0.25, -0.2) is 0 Å². The highest BCUT2D eigenvalue weighted by molar-refractivity contribution is 14.0. The quantitative estimate of drug-likeness (QED) is 0.377. The topological polar surface area (TPSA) is 42.9 Å². The van der Waals surface area contributed by atoms with E-state index >= 15 is 0 Å². The van der Waals surface area contributed by atoms with E-state index in [1.54, 1.807) is 0 Å². The molecule has 2 saturated heterocycles. The normalized spacial score (nSPS) is 23.8. The van der Waals surface area contributed by atoms with E-state index in [0.717, 1.165) is 43.6 Å². The third-order valence-corrected chi connectivity index (χ3v) is 5.57. The summed E-state index contributed by atoms with van der Waals surface area (Å²) in [4.78, 5) is 9.35. The Morgan fingerprint density at radius 2 is 2.15 bits per heavy atom. The number of guanidine groups is 1. The van der Waals surface area contributed by atoms with Gasteiger partial charge in [-0.2, -0.15) is 0 Å². The lowest BCUT2D eigenvalue weighted by Crippen LogP contribution is -2.48. The Kier molecular flexibility index (Phi) is 8.76. The Hall–Kier alpha value is -0.730. The number of hydrogen-bond donors (Lipinski definition) is 2.